The molecule has 2 atom stereocenters. The van der Waals surface area contributed by atoms with Crippen molar-refractivity contribution in [2.45, 2.75) is 49.0 Å². The summed E-state index contributed by atoms with van der Waals surface area (Å²) in [6, 6.07) is 11.4. The van der Waals surface area contributed by atoms with Gasteiger partial charge < -0.3 is 14.4 Å². The molecule has 0 bridgehead atoms. The SMILES string of the molecule is Cc1ccc(S(=O)(=O)Cc2noc(C3CC(O)CN3Cc3cccc(OC(F)(F)F)c3)n2)cc1. The van der Waals surface area contributed by atoms with Gasteiger partial charge in [0.25, 0.3) is 0 Å². The van der Waals surface area contributed by atoms with Crippen LogP contribution in [0, 0.1) is 6.92 Å². The number of alkyl halides is 3. The lowest BCUT2D eigenvalue weighted by atomic mass is 10.1. The molecular weight excluding hydrogens is 475 g/mol. The maximum absolute atomic E-state index is 12.7. The Hall–Kier alpha value is -2.96. The van der Waals surface area contributed by atoms with Gasteiger partial charge in [0.05, 0.1) is 17.0 Å². The van der Waals surface area contributed by atoms with E-state index in [4.69, 9.17) is 4.52 Å². The average Bonchev–Trinajstić information content (AvgIpc) is 3.33. The molecule has 2 aromatic carbocycles. The van der Waals surface area contributed by atoms with Crippen molar-refractivity contribution in [3.63, 3.8) is 0 Å². The highest BCUT2D eigenvalue weighted by Crippen LogP contribution is 2.33. The van der Waals surface area contributed by atoms with Crippen molar-refractivity contribution in [2.75, 3.05) is 6.54 Å². The molecule has 1 saturated heterocycles. The molecule has 2 unspecified atom stereocenters. The maximum Gasteiger partial charge on any atom is 0.573 e. The standard InChI is InChI=1S/C22H22F3N3O5S/c1-14-5-7-18(8-6-14)34(30,31)13-20-26-21(33-27-20)19-10-16(29)12-28(19)11-15-3-2-4-17(9-15)32-22(23,24)25/h2-9,16,19,29H,10-13H2,1H3. The minimum Gasteiger partial charge on any atom is -0.406 e. The van der Waals surface area contributed by atoms with Gasteiger partial charge in [0, 0.05) is 13.1 Å². The smallest absolute Gasteiger partial charge is 0.406 e. The molecule has 0 radical (unpaired) electrons. The number of hydrogen-bond acceptors (Lipinski definition) is 8. The molecule has 1 fully saturated rings. The molecule has 8 nitrogen and oxygen atoms in total. The molecule has 1 N–H and O–H groups in total. The molecule has 1 aromatic heterocycles. The Morgan fingerprint density at radius 1 is 1.21 bits per heavy atom. The van der Waals surface area contributed by atoms with Gasteiger partial charge in [-0.2, -0.15) is 4.98 Å². The number of aliphatic hydroxyl groups is 1. The lowest BCUT2D eigenvalue weighted by Gasteiger charge is -2.21. The lowest BCUT2D eigenvalue weighted by molar-refractivity contribution is -0.274. The lowest BCUT2D eigenvalue weighted by Crippen LogP contribution is -2.24. The molecule has 0 aliphatic carbocycles. The molecule has 3 aromatic rings. The Morgan fingerprint density at radius 3 is 2.65 bits per heavy atom. The summed E-state index contributed by atoms with van der Waals surface area (Å²) in [5.74, 6) is -0.681. The average molecular weight is 497 g/mol. The van der Waals surface area contributed by atoms with E-state index in [-0.39, 0.29) is 41.9 Å². The predicted octanol–water partition coefficient (Wildman–Crippen LogP) is 3.56. The largest absolute Gasteiger partial charge is 0.573 e. The molecule has 0 spiro atoms. The molecule has 1 aliphatic heterocycles. The van der Waals surface area contributed by atoms with Crippen molar-refractivity contribution >= 4 is 9.84 Å². The number of hydrogen-bond donors (Lipinski definition) is 1. The second-order valence-electron chi connectivity index (χ2n) is 8.15. The van der Waals surface area contributed by atoms with Crippen LogP contribution in [-0.4, -0.2) is 47.6 Å². The Morgan fingerprint density at radius 2 is 1.94 bits per heavy atom. The van der Waals surface area contributed by atoms with Crippen molar-refractivity contribution in [2.24, 2.45) is 0 Å². The predicted molar refractivity (Wildman–Crippen MR) is 113 cm³/mol. The summed E-state index contributed by atoms with van der Waals surface area (Å²) < 4.78 is 72.2. The number of aromatic nitrogens is 2. The second-order valence-corrected chi connectivity index (χ2v) is 10.1. The number of ether oxygens (including phenoxy) is 1. The molecule has 182 valence electrons. The minimum atomic E-state index is -4.80. The molecule has 12 heteroatoms. The highest BCUT2D eigenvalue weighted by atomic mass is 32.2. The number of rotatable bonds is 7. The normalized spacial score (nSPS) is 19.4. The number of likely N-dealkylation sites (tertiary alicyclic amines) is 1. The minimum absolute atomic E-state index is 0.0162. The van der Waals surface area contributed by atoms with Crippen molar-refractivity contribution in [3.05, 3.63) is 71.4 Å². The summed E-state index contributed by atoms with van der Waals surface area (Å²) in [5, 5.41) is 14.0. The van der Waals surface area contributed by atoms with Gasteiger partial charge in [0.15, 0.2) is 15.7 Å². The number of aliphatic hydroxyl groups excluding tert-OH is 1. The van der Waals surface area contributed by atoms with Crippen molar-refractivity contribution in [1.29, 1.82) is 0 Å². The van der Waals surface area contributed by atoms with Crippen LogP contribution in [0.4, 0.5) is 13.2 Å². The fourth-order valence-electron chi connectivity index (χ4n) is 3.85. The molecule has 1 aliphatic rings. The third kappa shape index (κ3) is 5.93. The van der Waals surface area contributed by atoms with Gasteiger partial charge in [0.2, 0.25) is 5.89 Å². The zero-order chi connectivity index (χ0) is 24.5. The Bertz CT molecular complexity index is 1250. The quantitative estimate of drug-likeness (QED) is 0.528. The van der Waals surface area contributed by atoms with Crippen LogP contribution in [0.25, 0.3) is 0 Å². The van der Waals surface area contributed by atoms with E-state index in [1.807, 2.05) is 6.92 Å². The monoisotopic (exact) mass is 497 g/mol. The van der Waals surface area contributed by atoms with E-state index < -0.39 is 34.1 Å². The summed E-state index contributed by atoms with van der Waals surface area (Å²) in [4.78, 5) is 6.15. The van der Waals surface area contributed by atoms with Gasteiger partial charge in [-0.15, -0.1) is 13.2 Å². The molecular formula is C22H22F3N3O5S. The van der Waals surface area contributed by atoms with Gasteiger partial charge in [-0.1, -0.05) is 35.0 Å². The van der Waals surface area contributed by atoms with Crippen LogP contribution in [0.1, 0.15) is 35.3 Å². The van der Waals surface area contributed by atoms with Gasteiger partial charge in [0.1, 0.15) is 11.5 Å². The fourth-order valence-corrected chi connectivity index (χ4v) is 5.02. The summed E-state index contributed by atoms with van der Waals surface area (Å²) in [6.45, 7) is 2.27. The summed E-state index contributed by atoms with van der Waals surface area (Å²) in [6.07, 6.45) is -5.26. The van der Waals surface area contributed by atoms with Crippen LogP contribution in [0.3, 0.4) is 0 Å². The van der Waals surface area contributed by atoms with Crippen molar-refractivity contribution < 1.29 is 36.0 Å². The van der Waals surface area contributed by atoms with E-state index in [1.165, 1.54) is 30.3 Å². The number of aryl methyl sites for hydroxylation is 1. The first-order chi connectivity index (χ1) is 16.0. The van der Waals surface area contributed by atoms with E-state index in [2.05, 4.69) is 14.9 Å². The van der Waals surface area contributed by atoms with Gasteiger partial charge in [-0.05, 0) is 43.2 Å². The molecule has 34 heavy (non-hydrogen) atoms. The van der Waals surface area contributed by atoms with E-state index in [1.54, 1.807) is 23.1 Å². The molecule has 0 amide bonds. The summed E-state index contributed by atoms with van der Waals surface area (Å²) >= 11 is 0. The van der Waals surface area contributed by atoms with Crippen LogP contribution >= 0.6 is 0 Å². The molecule has 4 rings (SSSR count). The first-order valence-electron chi connectivity index (χ1n) is 10.4. The van der Waals surface area contributed by atoms with Gasteiger partial charge in [-0.25, -0.2) is 8.42 Å². The third-order valence-corrected chi connectivity index (χ3v) is 7.00. The summed E-state index contributed by atoms with van der Waals surface area (Å²) in [7, 11) is -3.69. The molecule has 2 heterocycles. The van der Waals surface area contributed by atoms with Crippen molar-refractivity contribution in [1.82, 2.24) is 15.0 Å². The van der Waals surface area contributed by atoms with Crippen LogP contribution in [0.15, 0.2) is 57.9 Å². The van der Waals surface area contributed by atoms with Crippen LogP contribution in [0.2, 0.25) is 0 Å². The number of sulfone groups is 1. The van der Waals surface area contributed by atoms with E-state index in [9.17, 15) is 26.7 Å². The maximum atomic E-state index is 12.7. The third-order valence-electron chi connectivity index (χ3n) is 5.37. The van der Waals surface area contributed by atoms with Crippen LogP contribution < -0.4 is 4.74 Å². The number of halogens is 3. The highest BCUT2D eigenvalue weighted by Gasteiger charge is 2.36. The van der Waals surface area contributed by atoms with Crippen LogP contribution in [-0.2, 0) is 22.1 Å². The Labute approximate surface area is 193 Å². The van der Waals surface area contributed by atoms with E-state index in [0.29, 0.717) is 5.56 Å². The van der Waals surface area contributed by atoms with Gasteiger partial charge >= 0.3 is 6.36 Å². The van der Waals surface area contributed by atoms with E-state index in [0.717, 1.165) is 5.56 Å². The number of nitrogens with zero attached hydrogens (tertiary/aromatic N) is 3. The zero-order valence-corrected chi connectivity index (χ0v) is 18.9. The topological polar surface area (TPSA) is 106 Å². The first kappa shape index (κ1) is 24.2. The highest BCUT2D eigenvalue weighted by molar-refractivity contribution is 7.90. The van der Waals surface area contributed by atoms with Crippen molar-refractivity contribution in [3.8, 4) is 5.75 Å². The fraction of sp³-hybridized carbons (Fsp3) is 0.364. The second kappa shape index (κ2) is 9.35. The number of benzene rings is 2. The Kier molecular flexibility index (Phi) is 6.65. The zero-order valence-electron chi connectivity index (χ0n) is 18.1. The number of β-amino-alcohol motifs (C(OH)–C–C–N with tert-alkyl or cyclic N) is 1. The molecule has 0 saturated carbocycles. The van der Waals surface area contributed by atoms with E-state index >= 15 is 0 Å². The van der Waals surface area contributed by atoms with Crippen LogP contribution in [0.5, 0.6) is 5.75 Å². The summed E-state index contributed by atoms with van der Waals surface area (Å²) in [5.41, 5.74) is 1.46. The first-order valence-corrected chi connectivity index (χ1v) is 12.0. The Balaban J connectivity index is 1.48. The van der Waals surface area contributed by atoms with Gasteiger partial charge in [-0.3, -0.25) is 4.90 Å².